The summed E-state index contributed by atoms with van der Waals surface area (Å²) in [7, 11) is 0. The topological polar surface area (TPSA) is 24.7 Å². The molecule has 2 aliphatic rings. The molecule has 2 unspecified atom stereocenters. The third kappa shape index (κ3) is 8.25. The minimum atomic E-state index is 0.330. The van der Waals surface area contributed by atoms with E-state index in [0.717, 1.165) is 37.1 Å². The molecule has 0 heterocycles. The molecule has 6 aromatic carbocycles. The molecule has 0 amide bonds. The van der Waals surface area contributed by atoms with E-state index in [2.05, 4.69) is 192 Å². The Morgan fingerprint density at radius 3 is 1.19 bits per heavy atom. The minimum absolute atomic E-state index is 0.330. The molecule has 0 saturated heterocycles. The van der Waals surface area contributed by atoms with Gasteiger partial charge in [-0.3, -0.25) is 0 Å². The predicted octanol–water partition coefficient (Wildman–Crippen LogP) is 13.1. The van der Waals surface area contributed by atoms with Crippen molar-refractivity contribution in [1.29, 1.82) is 0 Å². The van der Waals surface area contributed by atoms with Crippen LogP contribution in [0.1, 0.15) is 56.3 Å². The monoisotopic (exact) mass is 670 g/mol. The molecule has 0 spiro atoms. The van der Waals surface area contributed by atoms with Gasteiger partial charge in [-0.15, -0.1) is 0 Å². The van der Waals surface area contributed by atoms with Crippen LogP contribution >= 0.6 is 0 Å². The number of rotatable bonds is 12. The molecule has 6 aromatic rings. The summed E-state index contributed by atoms with van der Waals surface area (Å²) >= 11 is 0. The van der Waals surface area contributed by atoms with E-state index in [0.29, 0.717) is 11.8 Å². The Hall–Kier alpha value is -6.12. The number of hydrogen-bond acceptors (Lipinski definition) is 2. The van der Waals surface area contributed by atoms with Crippen molar-refractivity contribution >= 4 is 22.5 Å². The first kappa shape index (κ1) is 33.0. The second kappa shape index (κ2) is 15.8. The van der Waals surface area contributed by atoms with Crippen molar-refractivity contribution in [3.05, 3.63) is 239 Å². The number of azo groups is 1. The molecule has 2 heteroatoms. The highest BCUT2D eigenvalue weighted by Gasteiger charge is 2.14. The second-order valence-corrected chi connectivity index (χ2v) is 13.8. The van der Waals surface area contributed by atoms with E-state index in [1.54, 1.807) is 0 Å². The van der Waals surface area contributed by atoms with Crippen LogP contribution in [0, 0.1) is 0 Å². The zero-order chi connectivity index (χ0) is 35.0. The molecular formula is C50H42N2. The molecule has 52 heavy (non-hydrogen) atoms. The summed E-state index contributed by atoms with van der Waals surface area (Å²) in [6.45, 7) is 0. The van der Waals surface area contributed by atoms with Crippen LogP contribution in [0.2, 0.25) is 0 Å². The van der Waals surface area contributed by atoms with Gasteiger partial charge in [-0.2, -0.15) is 10.2 Å². The fraction of sp³-hybridized carbons (Fsp3) is 0.120. The first-order valence-electron chi connectivity index (χ1n) is 18.4. The van der Waals surface area contributed by atoms with Crippen LogP contribution in [0.15, 0.2) is 204 Å². The number of hydrogen-bond donors (Lipinski definition) is 0. The fourth-order valence-electron chi connectivity index (χ4n) is 7.14. The van der Waals surface area contributed by atoms with E-state index >= 15 is 0 Å². The highest BCUT2D eigenvalue weighted by Crippen LogP contribution is 2.33. The Bertz CT molecular complexity index is 2110. The fourth-order valence-corrected chi connectivity index (χ4v) is 7.14. The summed E-state index contributed by atoms with van der Waals surface area (Å²) in [4.78, 5) is 0. The number of allylic oxidation sites excluding steroid dienone is 8. The van der Waals surface area contributed by atoms with Crippen LogP contribution in [0.5, 0.6) is 0 Å². The SMILES string of the molecule is C1=CC(c2ccc(CCc3cccc(N=Nc4cccc(CCc5ccc(C6C=CC(c7ccccc7)=C6)cc5)c4)c3)cc2)C=C1c1ccccc1. The molecule has 252 valence electrons. The zero-order valence-corrected chi connectivity index (χ0v) is 29.4. The van der Waals surface area contributed by atoms with Crippen molar-refractivity contribution in [2.45, 2.75) is 37.5 Å². The molecule has 0 N–H and O–H groups in total. The summed E-state index contributed by atoms with van der Waals surface area (Å²) in [6.07, 6.45) is 17.7. The molecule has 0 saturated carbocycles. The van der Waals surface area contributed by atoms with Crippen molar-refractivity contribution in [1.82, 2.24) is 0 Å². The highest BCUT2D eigenvalue weighted by molar-refractivity contribution is 5.79. The van der Waals surface area contributed by atoms with Gasteiger partial charge in [-0.1, -0.05) is 170 Å². The van der Waals surface area contributed by atoms with Gasteiger partial charge in [0.25, 0.3) is 0 Å². The van der Waals surface area contributed by atoms with E-state index in [1.165, 1.54) is 55.7 Å². The highest BCUT2D eigenvalue weighted by atomic mass is 15.1. The zero-order valence-electron chi connectivity index (χ0n) is 29.4. The number of aryl methyl sites for hydroxylation is 4. The average molecular weight is 671 g/mol. The van der Waals surface area contributed by atoms with Gasteiger partial charge in [-0.25, -0.2) is 0 Å². The maximum Gasteiger partial charge on any atom is 0.0859 e. The maximum atomic E-state index is 4.61. The first-order chi connectivity index (χ1) is 25.7. The van der Waals surface area contributed by atoms with Crippen LogP contribution < -0.4 is 0 Å². The van der Waals surface area contributed by atoms with Gasteiger partial charge >= 0.3 is 0 Å². The second-order valence-electron chi connectivity index (χ2n) is 13.8. The molecule has 0 radical (unpaired) electrons. The lowest BCUT2D eigenvalue weighted by atomic mass is 9.97. The Morgan fingerprint density at radius 1 is 0.365 bits per heavy atom. The molecule has 2 atom stereocenters. The van der Waals surface area contributed by atoms with Gasteiger partial charge in [0.15, 0.2) is 0 Å². The van der Waals surface area contributed by atoms with Gasteiger partial charge in [0, 0.05) is 11.8 Å². The molecule has 0 bridgehead atoms. The standard InChI is InChI=1S/C50H42N2/c1-3-11-41(12-4-1)45-29-31-47(35-45)43-25-21-37(22-26-43)17-19-39-9-7-15-49(33-39)51-52-50-16-8-10-40(34-50)20-18-38-23-27-44(28-24-38)48-32-30-46(36-48)42-13-5-2-6-14-42/h1-16,21-36,47-48H,17-20H2. The summed E-state index contributed by atoms with van der Waals surface area (Å²) in [6, 6.07) is 56.3. The molecule has 2 aliphatic carbocycles. The Labute approximate surface area is 308 Å². The van der Waals surface area contributed by atoms with Crippen molar-refractivity contribution in [3.8, 4) is 0 Å². The van der Waals surface area contributed by atoms with E-state index in [-0.39, 0.29) is 0 Å². The van der Waals surface area contributed by atoms with Gasteiger partial charge < -0.3 is 0 Å². The molecule has 0 aromatic heterocycles. The molecule has 0 fully saturated rings. The van der Waals surface area contributed by atoms with Gasteiger partial charge in [0.2, 0.25) is 0 Å². The lowest BCUT2D eigenvalue weighted by Gasteiger charge is -2.08. The summed E-state index contributed by atoms with van der Waals surface area (Å²) in [5.41, 5.74) is 14.8. The van der Waals surface area contributed by atoms with Crippen LogP contribution in [0.3, 0.4) is 0 Å². The average Bonchev–Trinajstić information content (AvgIpc) is 3.92. The summed E-state index contributed by atoms with van der Waals surface area (Å²) in [5, 5.41) is 9.22. The van der Waals surface area contributed by atoms with Gasteiger partial charge in [-0.05, 0) is 106 Å². The van der Waals surface area contributed by atoms with Crippen molar-refractivity contribution in [2.24, 2.45) is 10.2 Å². The van der Waals surface area contributed by atoms with Crippen LogP contribution in [-0.2, 0) is 25.7 Å². The van der Waals surface area contributed by atoms with Crippen molar-refractivity contribution < 1.29 is 0 Å². The van der Waals surface area contributed by atoms with E-state index in [4.69, 9.17) is 0 Å². The summed E-state index contributed by atoms with van der Waals surface area (Å²) < 4.78 is 0. The minimum Gasteiger partial charge on any atom is -0.151 e. The van der Waals surface area contributed by atoms with Gasteiger partial charge in [0.1, 0.15) is 0 Å². The van der Waals surface area contributed by atoms with Crippen molar-refractivity contribution in [3.63, 3.8) is 0 Å². The van der Waals surface area contributed by atoms with Crippen LogP contribution in [0.25, 0.3) is 11.1 Å². The third-order valence-corrected chi connectivity index (χ3v) is 10.1. The number of nitrogens with zero attached hydrogens (tertiary/aromatic N) is 2. The molecular weight excluding hydrogens is 629 g/mol. The van der Waals surface area contributed by atoms with E-state index in [1.807, 2.05) is 12.1 Å². The van der Waals surface area contributed by atoms with Gasteiger partial charge in [0.05, 0.1) is 11.4 Å². The summed E-state index contributed by atoms with van der Waals surface area (Å²) in [5.74, 6) is 0.660. The molecule has 0 aliphatic heterocycles. The third-order valence-electron chi connectivity index (χ3n) is 10.1. The lowest BCUT2D eigenvalue weighted by Crippen LogP contribution is -1.94. The first-order valence-corrected chi connectivity index (χ1v) is 18.4. The van der Waals surface area contributed by atoms with Crippen LogP contribution in [-0.4, -0.2) is 0 Å². The quantitative estimate of drug-likeness (QED) is 0.116. The van der Waals surface area contributed by atoms with Crippen molar-refractivity contribution in [2.75, 3.05) is 0 Å². The van der Waals surface area contributed by atoms with E-state index < -0.39 is 0 Å². The smallest absolute Gasteiger partial charge is 0.0859 e. The largest absolute Gasteiger partial charge is 0.151 e. The lowest BCUT2D eigenvalue weighted by molar-refractivity contribution is 0.953. The Balaban J connectivity index is 0.827. The van der Waals surface area contributed by atoms with Crippen LogP contribution in [0.4, 0.5) is 11.4 Å². The molecule has 2 nitrogen and oxygen atoms in total. The molecule has 8 rings (SSSR count). The number of benzene rings is 6. The maximum absolute atomic E-state index is 4.61. The van der Waals surface area contributed by atoms with E-state index in [9.17, 15) is 0 Å². The Kier molecular flexibility index (Phi) is 10.1. The Morgan fingerprint density at radius 2 is 0.769 bits per heavy atom. The normalized spacial score (nSPS) is 16.4. The predicted molar refractivity (Wildman–Crippen MR) is 217 cm³/mol.